The molecule has 85 heavy (non-hydrogen) atoms. The highest BCUT2D eigenvalue weighted by Gasteiger charge is 2.52. The standard InChI is InChI=1S/C61H61N7O15S2/c1-40-51(58(73)68(40)85(76,77)78)65-56(71)52(66-83-61(2,3)59(74)75)47-39-84-60(63-47)64-50(69)34-67(57(72)46-29-19-31-49(80-36-42-22-10-5-11-23-42)54(46)82-38-44-26-14-7-15-27-44)33-17-16-32-62-55(70)45-28-18-30-48(79-35-41-20-8-4-9-21-41)53(45)81-37-43-24-12-6-13-25-43/h4-15,18-31,39-40,51H,16-17,32-38H2,1-3H3,(H,62,70)(H,65,71)(H,74,75)(H,63,64,69)(H,76,77,78)/b66-52-/t40-,51+/m1/s1. The van der Waals surface area contributed by atoms with Crippen molar-refractivity contribution in [3.05, 3.63) is 202 Å². The third kappa shape index (κ3) is 16.5. The Labute approximate surface area is 494 Å². The molecule has 1 saturated heterocycles. The first-order chi connectivity index (χ1) is 40.9. The molecule has 8 rings (SSSR count). The van der Waals surface area contributed by atoms with E-state index in [0.29, 0.717) is 12.2 Å². The molecule has 1 aromatic heterocycles. The van der Waals surface area contributed by atoms with E-state index in [1.165, 1.54) is 17.2 Å². The van der Waals surface area contributed by atoms with Gasteiger partial charge in [0.15, 0.2) is 33.8 Å². The Kier molecular flexibility index (Phi) is 20.6. The Hall–Kier alpha value is -9.65. The summed E-state index contributed by atoms with van der Waals surface area (Å²) in [6.07, 6.45) is 0.605. The largest absolute Gasteiger partial charge is 0.485 e. The fourth-order valence-electron chi connectivity index (χ4n) is 8.47. The van der Waals surface area contributed by atoms with E-state index in [9.17, 15) is 42.0 Å². The SMILES string of the molecule is C[C@@H]1[C@H](NC(=O)/C(=N\OC(C)(C)C(=O)O)c2csc(NC(=O)CN(CCCCNC(=O)c3cccc(OCc4ccccc4)c3OCc3ccccc3)C(=O)c3cccc(OCc4ccccc4)c3OCc3ccccc3)n2)C(=O)N1S(=O)(=O)O. The van der Waals surface area contributed by atoms with E-state index in [0.717, 1.165) is 47.4 Å². The van der Waals surface area contributed by atoms with Crippen molar-refractivity contribution in [3.8, 4) is 23.0 Å². The van der Waals surface area contributed by atoms with Gasteiger partial charge in [-0.15, -0.1) is 11.3 Å². The number of oxime groups is 1. The maximum absolute atomic E-state index is 15.0. The summed E-state index contributed by atoms with van der Waals surface area (Å²) in [5.74, 6) is -4.53. The Balaban J connectivity index is 1.02. The topological polar surface area (TPSA) is 291 Å². The van der Waals surface area contributed by atoms with Crippen molar-refractivity contribution in [1.82, 2.24) is 24.8 Å². The van der Waals surface area contributed by atoms with E-state index in [2.05, 4.69) is 26.1 Å². The van der Waals surface area contributed by atoms with E-state index in [-0.39, 0.29) is 89.4 Å². The monoisotopic (exact) mass is 1200 g/mol. The van der Waals surface area contributed by atoms with Crippen LogP contribution in [0.25, 0.3) is 0 Å². The molecule has 0 saturated carbocycles. The normalized spacial score (nSPS) is 14.0. The number of aromatic nitrogens is 1. The number of ether oxygens (including phenoxy) is 4. The molecule has 7 aromatic rings. The van der Waals surface area contributed by atoms with Gasteiger partial charge in [-0.05, 0) is 80.1 Å². The number of nitrogens with zero attached hydrogens (tertiary/aromatic N) is 4. The molecule has 1 aliphatic heterocycles. The lowest BCUT2D eigenvalue weighted by atomic mass is 10.0. The molecular weight excluding hydrogens is 1130 g/mol. The molecule has 6 aromatic carbocycles. The van der Waals surface area contributed by atoms with E-state index in [1.54, 1.807) is 36.4 Å². The predicted molar refractivity (Wildman–Crippen MR) is 313 cm³/mol. The number of hydrogen-bond acceptors (Lipinski definition) is 16. The van der Waals surface area contributed by atoms with Crippen LogP contribution in [0.5, 0.6) is 23.0 Å². The van der Waals surface area contributed by atoms with E-state index in [4.69, 9.17) is 23.8 Å². The van der Waals surface area contributed by atoms with Gasteiger partial charge in [-0.1, -0.05) is 139 Å². The first-order valence-electron chi connectivity index (χ1n) is 26.7. The number of hydrogen-bond donors (Lipinski definition) is 5. The van der Waals surface area contributed by atoms with Crippen LogP contribution in [0.15, 0.2) is 168 Å². The van der Waals surface area contributed by atoms with Gasteiger partial charge in [0.25, 0.3) is 23.6 Å². The first kappa shape index (κ1) is 61.4. The van der Waals surface area contributed by atoms with Crippen LogP contribution in [0.3, 0.4) is 0 Å². The van der Waals surface area contributed by atoms with Gasteiger partial charge in [-0.2, -0.15) is 8.42 Å². The number of thiazole rings is 1. The highest BCUT2D eigenvalue weighted by molar-refractivity contribution is 7.84. The summed E-state index contributed by atoms with van der Waals surface area (Å²) in [6.45, 7) is 3.71. The van der Waals surface area contributed by atoms with Crippen molar-refractivity contribution >= 4 is 68.0 Å². The van der Waals surface area contributed by atoms with Crippen LogP contribution < -0.4 is 34.9 Å². The lowest BCUT2D eigenvalue weighted by Crippen LogP contribution is -2.71. The number of amides is 5. The van der Waals surface area contributed by atoms with Gasteiger partial charge in [-0.3, -0.25) is 28.5 Å². The minimum absolute atomic E-state index is 0.0201. The van der Waals surface area contributed by atoms with Crippen LogP contribution in [-0.4, -0.2) is 111 Å². The highest BCUT2D eigenvalue weighted by atomic mass is 32.2. The van der Waals surface area contributed by atoms with Crippen LogP contribution in [0.1, 0.15) is 82.3 Å². The van der Waals surface area contributed by atoms with Gasteiger partial charge in [0.1, 0.15) is 44.7 Å². The molecule has 442 valence electrons. The number of carboxylic acids is 1. The average Bonchev–Trinajstić information content (AvgIpc) is 4.13. The van der Waals surface area contributed by atoms with Crippen molar-refractivity contribution in [2.75, 3.05) is 25.0 Å². The van der Waals surface area contributed by atoms with Gasteiger partial charge in [0.2, 0.25) is 11.5 Å². The smallest absolute Gasteiger partial charge is 0.362 e. The molecule has 0 spiro atoms. The van der Waals surface area contributed by atoms with Crippen molar-refractivity contribution in [1.29, 1.82) is 0 Å². The predicted octanol–water partition coefficient (Wildman–Crippen LogP) is 7.85. The molecule has 24 heteroatoms. The highest BCUT2D eigenvalue weighted by Crippen LogP contribution is 2.35. The Morgan fingerprint density at radius 1 is 0.694 bits per heavy atom. The van der Waals surface area contributed by atoms with Gasteiger partial charge in [0.05, 0.1) is 17.2 Å². The maximum Gasteiger partial charge on any atom is 0.362 e. The molecule has 1 aliphatic rings. The number of rotatable bonds is 29. The summed E-state index contributed by atoms with van der Waals surface area (Å²) in [7, 11) is -4.95. The summed E-state index contributed by atoms with van der Waals surface area (Å²) in [6, 6.07) is 45.0. The maximum atomic E-state index is 15.0. The van der Waals surface area contributed by atoms with Gasteiger partial charge >= 0.3 is 16.3 Å². The number of carbonyl (C=O) groups excluding carboxylic acids is 5. The summed E-state index contributed by atoms with van der Waals surface area (Å²) >= 11 is 0.821. The average molecular weight is 1200 g/mol. The lowest BCUT2D eigenvalue weighted by Gasteiger charge is -2.42. The molecule has 5 N–H and O–H groups in total. The fourth-order valence-corrected chi connectivity index (χ4v) is 10.1. The number of unbranched alkanes of at least 4 members (excludes halogenated alkanes) is 1. The van der Waals surface area contributed by atoms with E-state index >= 15 is 4.79 Å². The van der Waals surface area contributed by atoms with Gasteiger partial charge in [-0.25, -0.2) is 14.1 Å². The second-order valence-corrected chi connectivity index (χ2v) is 21.9. The van der Waals surface area contributed by atoms with Gasteiger partial charge in [0, 0.05) is 18.5 Å². The number of aliphatic carboxylic acids is 1. The summed E-state index contributed by atoms with van der Waals surface area (Å²) in [5, 5.41) is 22.5. The van der Waals surface area contributed by atoms with Crippen molar-refractivity contribution in [2.45, 2.75) is 77.7 Å². The third-order valence-electron chi connectivity index (χ3n) is 13.1. The van der Waals surface area contributed by atoms with E-state index in [1.807, 2.05) is 121 Å². The third-order valence-corrected chi connectivity index (χ3v) is 14.8. The molecule has 5 amide bonds. The second-order valence-electron chi connectivity index (χ2n) is 19.8. The summed E-state index contributed by atoms with van der Waals surface area (Å²) in [4.78, 5) is 92.4. The zero-order valence-electron chi connectivity index (χ0n) is 46.4. The second kappa shape index (κ2) is 28.6. The number of benzene rings is 6. The zero-order valence-corrected chi connectivity index (χ0v) is 48.0. The Bertz CT molecular complexity index is 3630. The summed E-state index contributed by atoms with van der Waals surface area (Å²) in [5.41, 5.74) is 0.883. The van der Waals surface area contributed by atoms with Gasteiger partial charge < -0.3 is 49.7 Å². The number of β-lactam (4-membered cyclic amide) rings is 1. The van der Waals surface area contributed by atoms with Crippen LogP contribution in [0.4, 0.5) is 5.13 Å². The molecule has 0 radical (unpaired) electrons. The molecule has 0 unspecified atom stereocenters. The molecule has 22 nitrogen and oxygen atoms in total. The fraction of sp³-hybridized carbons (Fsp3) is 0.246. The lowest BCUT2D eigenvalue weighted by molar-refractivity contribution is -0.161. The van der Waals surface area contributed by atoms with Crippen molar-refractivity contribution < 1.29 is 70.6 Å². The zero-order chi connectivity index (χ0) is 60.5. The molecule has 2 atom stereocenters. The van der Waals surface area contributed by atoms with Crippen LogP contribution in [0, 0.1) is 0 Å². The van der Waals surface area contributed by atoms with Crippen molar-refractivity contribution in [3.63, 3.8) is 0 Å². The molecule has 0 bridgehead atoms. The quantitative estimate of drug-likeness (QED) is 0.00980. The summed E-state index contributed by atoms with van der Waals surface area (Å²) < 4.78 is 58.3. The number of nitrogens with one attached hydrogen (secondary N) is 3. The number of anilines is 1. The van der Waals surface area contributed by atoms with Crippen LogP contribution >= 0.6 is 11.3 Å². The molecule has 2 heterocycles. The molecular formula is C61H61N7O15S2. The first-order valence-corrected chi connectivity index (χ1v) is 29.0. The minimum Gasteiger partial charge on any atom is -0.485 e. The van der Waals surface area contributed by atoms with Crippen molar-refractivity contribution in [2.24, 2.45) is 5.16 Å². The van der Waals surface area contributed by atoms with E-state index < -0.39 is 75.8 Å². The Morgan fingerprint density at radius 3 is 1.68 bits per heavy atom. The number of carboxylic acid groups (broad SMARTS) is 1. The number of carbonyl (C=O) groups is 6. The molecule has 1 fully saturated rings. The minimum atomic E-state index is -4.95. The van der Waals surface area contributed by atoms with Crippen LogP contribution in [-0.2, 0) is 60.7 Å². The van der Waals surface area contributed by atoms with Crippen LogP contribution in [0.2, 0.25) is 0 Å². The molecule has 0 aliphatic carbocycles. The Morgan fingerprint density at radius 2 is 1.19 bits per heavy atom. The number of para-hydroxylation sites is 2.